The molecule has 0 radical (unpaired) electrons. The summed E-state index contributed by atoms with van der Waals surface area (Å²) in [6.45, 7) is 0.327. The van der Waals surface area contributed by atoms with Crippen LogP contribution in [0.2, 0.25) is 5.02 Å². The molecule has 8 heteroatoms. The molecule has 1 unspecified atom stereocenters. The van der Waals surface area contributed by atoms with E-state index in [4.69, 9.17) is 26.8 Å². The van der Waals surface area contributed by atoms with Crippen LogP contribution in [-0.4, -0.2) is 40.7 Å². The van der Waals surface area contributed by atoms with Crippen molar-refractivity contribution in [1.82, 2.24) is 14.8 Å². The first-order chi connectivity index (χ1) is 13.0. The van der Waals surface area contributed by atoms with E-state index in [0.29, 0.717) is 28.7 Å². The van der Waals surface area contributed by atoms with E-state index in [1.165, 1.54) is 0 Å². The highest BCUT2D eigenvalue weighted by atomic mass is 35.5. The number of aliphatic hydroxyl groups excluding tert-OH is 1. The van der Waals surface area contributed by atoms with Crippen molar-refractivity contribution in [2.24, 2.45) is 5.73 Å². The van der Waals surface area contributed by atoms with Gasteiger partial charge in [-0.3, -0.25) is 0 Å². The molecule has 2 aromatic carbocycles. The summed E-state index contributed by atoms with van der Waals surface area (Å²) in [6.07, 6.45) is 1.63. The molecule has 1 heterocycles. The van der Waals surface area contributed by atoms with E-state index in [2.05, 4.69) is 10.1 Å². The SMILES string of the molecule is COc1ccc(Cn2cnc(-c3cc(C(N)CO)ccc3Cl)n2)c(OC)c1. The third-order valence-corrected chi connectivity index (χ3v) is 4.55. The van der Waals surface area contributed by atoms with E-state index in [1.807, 2.05) is 18.2 Å². The summed E-state index contributed by atoms with van der Waals surface area (Å²) >= 11 is 6.30. The summed E-state index contributed by atoms with van der Waals surface area (Å²) < 4.78 is 12.3. The number of hydrogen-bond donors (Lipinski definition) is 2. The minimum Gasteiger partial charge on any atom is -0.497 e. The molecule has 0 aliphatic carbocycles. The first-order valence-electron chi connectivity index (χ1n) is 8.32. The molecule has 0 aliphatic heterocycles. The van der Waals surface area contributed by atoms with Crippen LogP contribution < -0.4 is 15.2 Å². The molecule has 0 amide bonds. The normalized spacial score (nSPS) is 12.0. The molecular formula is C19H21ClN4O3. The van der Waals surface area contributed by atoms with Gasteiger partial charge in [-0.2, -0.15) is 5.10 Å². The fraction of sp³-hybridized carbons (Fsp3) is 0.263. The topological polar surface area (TPSA) is 95.4 Å². The van der Waals surface area contributed by atoms with Gasteiger partial charge in [0.05, 0.1) is 38.4 Å². The number of rotatable bonds is 7. The maximum absolute atomic E-state index is 9.26. The highest BCUT2D eigenvalue weighted by Gasteiger charge is 2.14. The fourth-order valence-corrected chi connectivity index (χ4v) is 2.90. The van der Waals surface area contributed by atoms with Gasteiger partial charge < -0.3 is 20.3 Å². The Labute approximate surface area is 162 Å². The lowest BCUT2D eigenvalue weighted by atomic mass is 10.0. The highest BCUT2D eigenvalue weighted by Crippen LogP contribution is 2.29. The number of aromatic nitrogens is 3. The molecule has 3 N–H and O–H groups in total. The second-order valence-corrected chi connectivity index (χ2v) is 6.38. The van der Waals surface area contributed by atoms with Crippen molar-refractivity contribution in [2.45, 2.75) is 12.6 Å². The van der Waals surface area contributed by atoms with Crippen LogP contribution in [0, 0.1) is 0 Å². The maximum Gasteiger partial charge on any atom is 0.182 e. The molecule has 0 fully saturated rings. The van der Waals surface area contributed by atoms with Gasteiger partial charge in [0, 0.05) is 17.2 Å². The number of nitrogens with two attached hydrogens (primary N) is 1. The Morgan fingerprint density at radius 3 is 2.70 bits per heavy atom. The Morgan fingerprint density at radius 1 is 1.19 bits per heavy atom. The minimum atomic E-state index is -0.480. The van der Waals surface area contributed by atoms with Crippen molar-refractivity contribution in [3.8, 4) is 22.9 Å². The molecule has 7 nitrogen and oxygen atoms in total. The smallest absolute Gasteiger partial charge is 0.182 e. The number of methoxy groups -OCH3 is 2. The van der Waals surface area contributed by atoms with E-state index >= 15 is 0 Å². The van der Waals surface area contributed by atoms with E-state index in [-0.39, 0.29) is 6.61 Å². The van der Waals surface area contributed by atoms with Gasteiger partial charge in [0.2, 0.25) is 0 Å². The monoisotopic (exact) mass is 388 g/mol. The van der Waals surface area contributed by atoms with Crippen LogP contribution in [0.1, 0.15) is 17.2 Å². The van der Waals surface area contributed by atoms with Gasteiger partial charge in [-0.25, -0.2) is 9.67 Å². The number of aliphatic hydroxyl groups is 1. The van der Waals surface area contributed by atoms with Crippen molar-refractivity contribution >= 4 is 11.6 Å². The standard InChI is InChI=1S/C19H21ClN4O3/c1-26-14-5-3-13(18(8-14)27-2)9-24-11-22-19(23-24)15-7-12(17(21)10-25)4-6-16(15)20/h3-8,11,17,25H,9-10,21H2,1-2H3. The highest BCUT2D eigenvalue weighted by molar-refractivity contribution is 6.33. The number of benzene rings is 2. The van der Waals surface area contributed by atoms with Gasteiger partial charge in [-0.05, 0) is 29.8 Å². The molecule has 0 aliphatic rings. The van der Waals surface area contributed by atoms with E-state index in [9.17, 15) is 5.11 Å². The molecule has 3 rings (SSSR count). The van der Waals surface area contributed by atoms with Crippen molar-refractivity contribution in [3.05, 3.63) is 58.9 Å². The fourth-order valence-electron chi connectivity index (χ4n) is 2.70. The molecule has 1 atom stereocenters. The van der Waals surface area contributed by atoms with Gasteiger partial charge in [-0.1, -0.05) is 17.7 Å². The second kappa shape index (κ2) is 8.39. The zero-order chi connectivity index (χ0) is 19.4. The number of hydrogen-bond acceptors (Lipinski definition) is 6. The minimum absolute atomic E-state index is 0.153. The first kappa shape index (κ1) is 19.2. The van der Waals surface area contributed by atoms with E-state index < -0.39 is 6.04 Å². The Kier molecular flexibility index (Phi) is 5.95. The van der Waals surface area contributed by atoms with Crippen LogP contribution in [-0.2, 0) is 6.54 Å². The van der Waals surface area contributed by atoms with Crippen LogP contribution in [0.5, 0.6) is 11.5 Å². The average Bonchev–Trinajstić information content (AvgIpc) is 3.16. The Balaban J connectivity index is 1.88. The van der Waals surface area contributed by atoms with Gasteiger partial charge in [0.25, 0.3) is 0 Å². The summed E-state index contributed by atoms with van der Waals surface area (Å²) in [5.74, 6) is 1.92. The quantitative estimate of drug-likeness (QED) is 0.646. The largest absolute Gasteiger partial charge is 0.497 e. The van der Waals surface area contributed by atoms with E-state index in [1.54, 1.807) is 43.4 Å². The maximum atomic E-state index is 9.26. The zero-order valence-electron chi connectivity index (χ0n) is 15.1. The van der Waals surface area contributed by atoms with Crippen molar-refractivity contribution in [3.63, 3.8) is 0 Å². The third-order valence-electron chi connectivity index (χ3n) is 4.22. The Bertz CT molecular complexity index is 929. The lowest BCUT2D eigenvalue weighted by Gasteiger charge is -2.11. The lowest BCUT2D eigenvalue weighted by molar-refractivity contribution is 0.268. The van der Waals surface area contributed by atoms with Crippen LogP contribution in [0.4, 0.5) is 0 Å². The summed E-state index contributed by atoms with van der Waals surface area (Å²) in [6, 6.07) is 10.5. The molecule has 0 saturated carbocycles. The van der Waals surface area contributed by atoms with E-state index in [0.717, 1.165) is 16.9 Å². The van der Waals surface area contributed by atoms with Crippen molar-refractivity contribution in [2.75, 3.05) is 20.8 Å². The summed E-state index contributed by atoms with van der Waals surface area (Å²) in [4.78, 5) is 4.36. The molecule has 3 aromatic rings. The summed E-state index contributed by atoms with van der Waals surface area (Å²) in [5, 5.41) is 14.3. The predicted molar refractivity (Wildman–Crippen MR) is 103 cm³/mol. The Morgan fingerprint density at radius 2 is 2.00 bits per heavy atom. The molecule has 27 heavy (non-hydrogen) atoms. The van der Waals surface area contributed by atoms with Crippen LogP contribution >= 0.6 is 11.6 Å². The first-order valence-corrected chi connectivity index (χ1v) is 8.70. The molecule has 1 aromatic heterocycles. The van der Waals surface area contributed by atoms with Crippen LogP contribution in [0.15, 0.2) is 42.7 Å². The lowest BCUT2D eigenvalue weighted by Crippen LogP contribution is -2.14. The van der Waals surface area contributed by atoms with Gasteiger partial charge in [0.15, 0.2) is 5.82 Å². The number of nitrogens with zero attached hydrogens (tertiary/aromatic N) is 3. The second-order valence-electron chi connectivity index (χ2n) is 5.97. The third kappa shape index (κ3) is 4.21. The molecule has 0 saturated heterocycles. The van der Waals surface area contributed by atoms with Gasteiger partial charge >= 0.3 is 0 Å². The predicted octanol–water partition coefficient (Wildman–Crippen LogP) is 2.66. The molecule has 142 valence electrons. The van der Waals surface area contributed by atoms with Crippen molar-refractivity contribution < 1.29 is 14.6 Å². The summed E-state index contributed by atoms with van der Waals surface area (Å²) in [7, 11) is 3.22. The average molecular weight is 389 g/mol. The van der Waals surface area contributed by atoms with Gasteiger partial charge in [-0.15, -0.1) is 0 Å². The number of ether oxygens (including phenoxy) is 2. The van der Waals surface area contributed by atoms with Crippen molar-refractivity contribution in [1.29, 1.82) is 0 Å². The van der Waals surface area contributed by atoms with Crippen LogP contribution in [0.25, 0.3) is 11.4 Å². The number of halogens is 1. The van der Waals surface area contributed by atoms with Crippen LogP contribution in [0.3, 0.4) is 0 Å². The molecular weight excluding hydrogens is 368 g/mol. The van der Waals surface area contributed by atoms with Gasteiger partial charge in [0.1, 0.15) is 17.8 Å². The molecule has 0 bridgehead atoms. The summed E-state index contributed by atoms with van der Waals surface area (Å²) in [5.41, 5.74) is 8.27. The molecule has 0 spiro atoms. The Hall–Kier alpha value is -2.61. The zero-order valence-corrected chi connectivity index (χ0v) is 15.8.